The summed E-state index contributed by atoms with van der Waals surface area (Å²) in [6.45, 7) is 6.70. The first-order valence-corrected chi connectivity index (χ1v) is 6.39. The number of hydrogen-bond donors (Lipinski definition) is 1. The summed E-state index contributed by atoms with van der Waals surface area (Å²) < 4.78 is 0. The standard InChI is InChI=1S/C12H23N3O2/c1-4-14(5-2)12(17)15-8-6-7-10(9-15)11(16)13-3/h10H,4-9H2,1-3H3,(H,13,16). The van der Waals surface area contributed by atoms with Gasteiger partial charge < -0.3 is 15.1 Å². The monoisotopic (exact) mass is 241 g/mol. The van der Waals surface area contributed by atoms with Gasteiger partial charge in [0.2, 0.25) is 5.91 Å². The van der Waals surface area contributed by atoms with Crippen LogP contribution in [0.25, 0.3) is 0 Å². The minimum Gasteiger partial charge on any atom is -0.359 e. The Hall–Kier alpha value is -1.26. The van der Waals surface area contributed by atoms with E-state index < -0.39 is 0 Å². The first-order valence-electron chi connectivity index (χ1n) is 6.39. The molecule has 0 aromatic carbocycles. The minimum atomic E-state index is -0.0479. The second kappa shape index (κ2) is 6.47. The normalized spacial score (nSPS) is 19.9. The van der Waals surface area contributed by atoms with E-state index in [0.29, 0.717) is 6.54 Å². The van der Waals surface area contributed by atoms with Crippen molar-refractivity contribution in [2.24, 2.45) is 5.92 Å². The fraction of sp³-hybridized carbons (Fsp3) is 0.833. The Bertz CT molecular complexity index is 277. The van der Waals surface area contributed by atoms with Crippen molar-refractivity contribution in [2.45, 2.75) is 26.7 Å². The SMILES string of the molecule is CCN(CC)C(=O)N1CCCC(C(=O)NC)C1. The van der Waals surface area contributed by atoms with Crippen molar-refractivity contribution in [3.8, 4) is 0 Å². The highest BCUT2D eigenvalue weighted by Gasteiger charge is 2.29. The predicted octanol–water partition coefficient (Wildman–Crippen LogP) is 0.906. The van der Waals surface area contributed by atoms with Gasteiger partial charge in [-0.05, 0) is 26.7 Å². The van der Waals surface area contributed by atoms with E-state index in [2.05, 4.69) is 5.32 Å². The molecule has 0 saturated carbocycles. The predicted molar refractivity (Wildman–Crippen MR) is 66.7 cm³/mol. The van der Waals surface area contributed by atoms with Crippen LogP contribution >= 0.6 is 0 Å². The second-order valence-corrected chi connectivity index (χ2v) is 4.35. The number of likely N-dealkylation sites (tertiary alicyclic amines) is 1. The van der Waals surface area contributed by atoms with Crippen molar-refractivity contribution in [1.82, 2.24) is 15.1 Å². The maximum absolute atomic E-state index is 12.1. The summed E-state index contributed by atoms with van der Waals surface area (Å²) in [6.07, 6.45) is 1.78. The Morgan fingerprint density at radius 2 is 2.00 bits per heavy atom. The molecule has 0 spiro atoms. The maximum atomic E-state index is 12.1. The van der Waals surface area contributed by atoms with Crippen molar-refractivity contribution in [2.75, 3.05) is 33.2 Å². The number of nitrogens with zero attached hydrogens (tertiary/aromatic N) is 2. The van der Waals surface area contributed by atoms with Crippen LogP contribution in [0.3, 0.4) is 0 Å². The van der Waals surface area contributed by atoms with E-state index in [1.807, 2.05) is 13.8 Å². The summed E-state index contributed by atoms with van der Waals surface area (Å²) in [6, 6.07) is 0.0589. The Morgan fingerprint density at radius 3 is 2.53 bits per heavy atom. The number of amides is 3. The molecular formula is C12H23N3O2. The highest BCUT2D eigenvalue weighted by atomic mass is 16.2. The molecule has 1 atom stereocenters. The molecule has 1 N–H and O–H groups in total. The summed E-state index contributed by atoms with van der Waals surface area (Å²) in [5, 5.41) is 2.66. The molecule has 1 heterocycles. The summed E-state index contributed by atoms with van der Waals surface area (Å²) >= 11 is 0. The molecule has 1 aliphatic heterocycles. The summed E-state index contributed by atoms with van der Waals surface area (Å²) in [5.41, 5.74) is 0. The van der Waals surface area contributed by atoms with Crippen LogP contribution in [-0.2, 0) is 4.79 Å². The summed E-state index contributed by atoms with van der Waals surface area (Å²) in [4.78, 5) is 27.3. The van der Waals surface area contributed by atoms with Crippen molar-refractivity contribution in [3.63, 3.8) is 0 Å². The zero-order valence-electron chi connectivity index (χ0n) is 11.0. The molecule has 0 bridgehead atoms. The maximum Gasteiger partial charge on any atom is 0.320 e. The lowest BCUT2D eigenvalue weighted by Gasteiger charge is -2.35. The van der Waals surface area contributed by atoms with Crippen LogP contribution in [0.2, 0.25) is 0 Å². The number of urea groups is 1. The molecular weight excluding hydrogens is 218 g/mol. The molecule has 5 heteroatoms. The fourth-order valence-electron chi connectivity index (χ4n) is 2.26. The molecule has 1 rings (SSSR count). The molecule has 1 unspecified atom stereocenters. The summed E-state index contributed by atoms with van der Waals surface area (Å²) in [7, 11) is 1.65. The van der Waals surface area contributed by atoms with Gasteiger partial charge in [-0.25, -0.2) is 4.79 Å². The van der Waals surface area contributed by atoms with Crippen molar-refractivity contribution in [3.05, 3.63) is 0 Å². The second-order valence-electron chi connectivity index (χ2n) is 4.35. The number of piperidine rings is 1. The quantitative estimate of drug-likeness (QED) is 0.798. The number of rotatable bonds is 3. The molecule has 1 fully saturated rings. The zero-order valence-corrected chi connectivity index (χ0v) is 11.0. The van der Waals surface area contributed by atoms with Crippen LogP contribution in [0.5, 0.6) is 0 Å². The van der Waals surface area contributed by atoms with Gasteiger partial charge in [0.15, 0.2) is 0 Å². The molecule has 1 saturated heterocycles. The average Bonchev–Trinajstić information content (AvgIpc) is 2.39. The molecule has 17 heavy (non-hydrogen) atoms. The Balaban J connectivity index is 2.60. The highest BCUT2D eigenvalue weighted by molar-refractivity contribution is 5.80. The molecule has 0 aliphatic carbocycles. The lowest BCUT2D eigenvalue weighted by Crippen LogP contribution is -2.49. The van der Waals surface area contributed by atoms with E-state index in [-0.39, 0.29) is 17.9 Å². The van der Waals surface area contributed by atoms with E-state index in [9.17, 15) is 9.59 Å². The van der Waals surface area contributed by atoms with Crippen LogP contribution in [0.1, 0.15) is 26.7 Å². The largest absolute Gasteiger partial charge is 0.359 e. The minimum absolute atomic E-state index is 0.0436. The molecule has 0 radical (unpaired) electrons. The van der Waals surface area contributed by atoms with Gasteiger partial charge in [-0.1, -0.05) is 0 Å². The topological polar surface area (TPSA) is 52.7 Å². The molecule has 0 aromatic rings. The number of carbonyl (C=O) groups excluding carboxylic acids is 2. The van der Waals surface area contributed by atoms with E-state index in [1.54, 1.807) is 16.8 Å². The third-order valence-corrected chi connectivity index (χ3v) is 3.34. The van der Waals surface area contributed by atoms with Gasteiger partial charge >= 0.3 is 6.03 Å². The van der Waals surface area contributed by atoms with Crippen LogP contribution < -0.4 is 5.32 Å². The Labute approximate surface area is 103 Å². The van der Waals surface area contributed by atoms with Gasteiger partial charge in [0.25, 0.3) is 0 Å². The van der Waals surface area contributed by atoms with E-state index >= 15 is 0 Å². The molecule has 1 aliphatic rings. The molecule has 0 aromatic heterocycles. The van der Waals surface area contributed by atoms with Gasteiger partial charge in [0.1, 0.15) is 0 Å². The zero-order chi connectivity index (χ0) is 12.8. The first-order chi connectivity index (χ1) is 8.13. The van der Waals surface area contributed by atoms with Gasteiger partial charge in [0.05, 0.1) is 5.92 Å². The third-order valence-electron chi connectivity index (χ3n) is 3.34. The average molecular weight is 241 g/mol. The number of hydrogen-bond acceptors (Lipinski definition) is 2. The fourth-order valence-corrected chi connectivity index (χ4v) is 2.26. The smallest absolute Gasteiger partial charge is 0.320 e. The van der Waals surface area contributed by atoms with E-state index in [4.69, 9.17) is 0 Å². The van der Waals surface area contributed by atoms with Gasteiger partial charge in [-0.15, -0.1) is 0 Å². The van der Waals surface area contributed by atoms with Crippen LogP contribution in [0.4, 0.5) is 4.79 Å². The highest BCUT2D eigenvalue weighted by Crippen LogP contribution is 2.17. The summed E-state index contributed by atoms with van der Waals surface area (Å²) in [5.74, 6) is -0.00434. The van der Waals surface area contributed by atoms with Crippen LogP contribution in [0.15, 0.2) is 0 Å². The van der Waals surface area contributed by atoms with E-state index in [0.717, 1.165) is 32.5 Å². The number of carbonyl (C=O) groups is 2. The lowest BCUT2D eigenvalue weighted by molar-refractivity contribution is -0.125. The van der Waals surface area contributed by atoms with Gasteiger partial charge in [0, 0.05) is 33.2 Å². The van der Waals surface area contributed by atoms with Crippen LogP contribution in [0, 0.1) is 5.92 Å². The van der Waals surface area contributed by atoms with Crippen molar-refractivity contribution in [1.29, 1.82) is 0 Å². The van der Waals surface area contributed by atoms with E-state index in [1.165, 1.54) is 0 Å². The van der Waals surface area contributed by atoms with Gasteiger partial charge in [-0.3, -0.25) is 4.79 Å². The lowest BCUT2D eigenvalue weighted by atomic mass is 9.97. The van der Waals surface area contributed by atoms with Crippen LogP contribution in [-0.4, -0.2) is 55.0 Å². The first kappa shape index (κ1) is 13.8. The Morgan fingerprint density at radius 1 is 1.35 bits per heavy atom. The molecule has 98 valence electrons. The third kappa shape index (κ3) is 3.35. The molecule has 3 amide bonds. The van der Waals surface area contributed by atoms with Crippen molar-refractivity contribution >= 4 is 11.9 Å². The molecule has 5 nitrogen and oxygen atoms in total. The van der Waals surface area contributed by atoms with Crippen molar-refractivity contribution < 1.29 is 9.59 Å². The number of nitrogens with one attached hydrogen (secondary N) is 1. The Kier molecular flexibility index (Phi) is 5.25. The van der Waals surface area contributed by atoms with Gasteiger partial charge in [-0.2, -0.15) is 0 Å².